The van der Waals surface area contributed by atoms with E-state index >= 15 is 0 Å². The minimum atomic E-state index is 0.866. The highest BCUT2D eigenvalue weighted by molar-refractivity contribution is 6.22. The Labute approximate surface area is 312 Å². The lowest BCUT2D eigenvalue weighted by molar-refractivity contribution is 0.669. The number of hydrogen-bond acceptors (Lipinski definition) is 2. The predicted molar refractivity (Wildman–Crippen MR) is 229 cm³/mol. The molecule has 0 bridgehead atoms. The van der Waals surface area contributed by atoms with Crippen molar-refractivity contribution >= 4 is 82.1 Å². The second kappa shape index (κ2) is 12.2. The molecule has 0 saturated heterocycles. The van der Waals surface area contributed by atoms with Gasteiger partial charge >= 0.3 is 0 Å². The zero-order valence-corrected chi connectivity index (χ0v) is 29.4. The molecule has 0 aliphatic carbocycles. The first kappa shape index (κ1) is 30.5. The van der Waals surface area contributed by atoms with Crippen LogP contribution in [-0.2, 0) is 0 Å². The van der Waals surface area contributed by atoms with Gasteiger partial charge in [-0.2, -0.15) is 0 Å². The minimum Gasteiger partial charge on any atom is -0.454 e. The molecule has 0 fully saturated rings. The standard InChI is InChI=1S/C52H33NO/c1-2-12-34(13-3-1)38-16-10-17-40(32-38)53(49-23-11-22-46-51-42-19-7-5-15-36(42)27-31-50(51)54-52(46)49)39-28-24-37(25-29-39)47-33-48-41-18-6-4-14-35(41)26-30-45(48)43-20-8-9-21-44(43)47/h1-33H. The molecule has 11 aromatic rings. The van der Waals surface area contributed by atoms with Crippen LogP contribution >= 0.6 is 0 Å². The van der Waals surface area contributed by atoms with Crippen LogP contribution in [0.5, 0.6) is 0 Å². The van der Waals surface area contributed by atoms with Crippen molar-refractivity contribution in [3.8, 4) is 22.3 Å². The van der Waals surface area contributed by atoms with Crippen LogP contribution in [0.3, 0.4) is 0 Å². The second-order valence-electron chi connectivity index (χ2n) is 14.1. The molecule has 252 valence electrons. The fourth-order valence-corrected chi connectivity index (χ4v) is 8.50. The number of hydrogen-bond donors (Lipinski definition) is 0. The molecule has 0 radical (unpaired) electrons. The Bertz CT molecular complexity index is 3210. The molecule has 0 saturated carbocycles. The monoisotopic (exact) mass is 687 g/mol. The van der Waals surface area contributed by atoms with Gasteiger partial charge in [-0.3, -0.25) is 0 Å². The maximum Gasteiger partial charge on any atom is 0.159 e. The first-order valence-corrected chi connectivity index (χ1v) is 18.5. The van der Waals surface area contributed by atoms with Gasteiger partial charge in [0.1, 0.15) is 5.58 Å². The minimum absolute atomic E-state index is 0.866. The van der Waals surface area contributed by atoms with E-state index in [0.717, 1.165) is 44.6 Å². The lowest BCUT2D eigenvalue weighted by atomic mass is 9.91. The third-order valence-corrected chi connectivity index (χ3v) is 11.0. The highest BCUT2D eigenvalue weighted by Gasteiger charge is 2.21. The molecule has 0 aliphatic rings. The van der Waals surface area contributed by atoms with E-state index in [4.69, 9.17) is 4.42 Å². The summed E-state index contributed by atoms with van der Waals surface area (Å²) in [5.74, 6) is 0. The highest BCUT2D eigenvalue weighted by Crippen LogP contribution is 2.45. The van der Waals surface area contributed by atoms with Crippen molar-refractivity contribution < 1.29 is 4.42 Å². The molecule has 0 N–H and O–H groups in total. The van der Waals surface area contributed by atoms with Crippen molar-refractivity contribution in [1.29, 1.82) is 0 Å². The Kier molecular flexibility index (Phi) is 6.90. The third-order valence-electron chi connectivity index (χ3n) is 11.0. The molecule has 0 aliphatic heterocycles. The molecule has 1 aromatic heterocycles. The number of nitrogens with zero attached hydrogens (tertiary/aromatic N) is 1. The molecule has 54 heavy (non-hydrogen) atoms. The SMILES string of the molecule is c1ccc(-c2cccc(N(c3ccc(-c4cc5c6ccccc6ccc5c5ccccc45)cc3)c3cccc4c3oc3ccc5ccccc5c34)c2)cc1. The summed E-state index contributed by atoms with van der Waals surface area (Å²) in [4.78, 5) is 2.34. The van der Waals surface area contributed by atoms with Crippen LogP contribution < -0.4 is 4.90 Å². The van der Waals surface area contributed by atoms with E-state index in [2.05, 4.69) is 205 Å². The first-order valence-electron chi connectivity index (χ1n) is 18.5. The number of anilines is 3. The quantitative estimate of drug-likeness (QED) is 0.168. The van der Waals surface area contributed by atoms with Gasteiger partial charge in [0.15, 0.2) is 5.58 Å². The van der Waals surface area contributed by atoms with Gasteiger partial charge in [0.2, 0.25) is 0 Å². The van der Waals surface area contributed by atoms with Crippen LogP contribution in [0, 0.1) is 0 Å². The summed E-state index contributed by atoms with van der Waals surface area (Å²) < 4.78 is 6.81. The van der Waals surface area contributed by atoms with Crippen molar-refractivity contribution in [2.75, 3.05) is 4.90 Å². The van der Waals surface area contributed by atoms with Gasteiger partial charge in [-0.1, -0.05) is 158 Å². The molecule has 2 nitrogen and oxygen atoms in total. The molecular weight excluding hydrogens is 655 g/mol. The summed E-state index contributed by atoms with van der Waals surface area (Å²) in [6.07, 6.45) is 0. The number of benzene rings is 10. The zero-order valence-electron chi connectivity index (χ0n) is 29.4. The van der Waals surface area contributed by atoms with Crippen molar-refractivity contribution in [3.63, 3.8) is 0 Å². The van der Waals surface area contributed by atoms with Crippen LogP contribution in [0.15, 0.2) is 205 Å². The third kappa shape index (κ3) is 4.81. The summed E-state index contributed by atoms with van der Waals surface area (Å²) >= 11 is 0. The Morgan fingerprint density at radius 3 is 1.80 bits per heavy atom. The van der Waals surface area contributed by atoms with E-state index in [1.54, 1.807) is 0 Å². The van der Waals surface area contributed by atoms with Crippen LogP contribution in [-0.4, -0.2) is 0 Å². The number of para-hydroxylation sites is 1. The van der Waals surface area contributed by atoms with Crippen LogP contribution in [0.4, 0.5) is 17.1 Å². The van der Waals surface area contributed by atoms with Crippen molar-refractivity contribution in [1.82, 2.24) is 0 Å². The van der Waals surface area contributed by atoms with Crippen molar-refractivity contribution in [3.05, 3.63) is 200 Å². The average molecular weight is 688 g/mol. The summed E-state index contributed by atoms with van der Waals surface area (Å²) in [6.45, 7) is 0. The molecule has 0 spiro atoms. The van der Waals surface area contributed by atoms with Gasteiger partial charge < -0.3 is 9.32 Å². The lowest BCUT2D eigenvalue weighted by Gasteiger charge is -2.26. The largest absolute Gasteiger partial charge is 0.454 e. The molecule has 11 rings (SSSR count). The maximum absolute atomic E-state index is 6.81. The van der Waals surface area contributed by atoms with E-state index in [1.807, 2.05) is 0 Å². The lowest BCUT2D eigenvalue weighted by Crippen LogP contribution is -2.10. The van der Waals surface area contributed by atoms with Crippen molar-refractivity contribution in [2.45, 2.75) is 0 Å². The first-order chi connectivity index (χ1) is 26.8. The topological polar surface area (TPSA) is 16.4 Å². The summed E-state index contributed by atoms with van der Waals surface area (Å²) in [5.41, 5.74) is 9.60. The van der Waals surface area contributed by atoms with E-state index < -0.39 is 0 Å². The maximum atomic E-state index is 6.81. The average Bonchev–Trinajstić information content (AvgIpc) is 3.64. The van der Waals surface area contributed by atoms with Crippen LogP contribution in [0.1, 0.15) is 0 Å². The van der Waals surface area contributed by atoms with E-state index in [-0.39, 0.29) is 0 Å². The number of rotatable bonds is 5. The molecule has 10 aromatic carbocycles. The second-order valence-corrected chi connectivity index (χ2v) is 14.1. The van der Waals surface area contributed by atoms with Gasteiger partial charge in [0.25, 0.3) is 0 Å². The predicted octanol–water partition coefficient (Wildman–Crippen LogP) is 15.0. The van der Waals surface area contributed by atoms with Gasteiger partial charge in [-0.15, -0.1) is 0 Å². The molecule has 0 atom stereocenters. The molecular formula is C52H33NO. The van der Waals surface area contributed by atoms with Gasteiger partial charge in [0.05, 0.1) is 5.69 Å². The van der Waals surface area contributed by atoms with Gasteiger partial charge in [0, 0.05) is 22.1 Å². The Hall–Kier alpha value is -7.16. The fourth-order valence-electron chi connectivity index (χ4n) is 8.50. The molecule has 0 amide bonds. The Morgan fingerprint density at radius 2 is 0.963 bits per heavy atom. The summed E-state index contributed by atoms with van der Waals surface area (Å²) in [6, 6.07) is 72.2. The summed E-state index contributed by atoms with van der Waals surface area (Å²) in [5, 5.41) is 12.2. The van der Waals surface area contributed by atoms with Crippen LogP contribution in [0.2, 0.25) is 0 Å². The zero-order chi connectivity index (χ0) is 35.6. The Balaban J connectivity index is 1.12. The smallest absolute Gasteiger partial charge is 0.159 e. The molecule has 0 unspecified atom stereocenters. The van der Waals surface area contributed by atoms with E-state index in [1.165, 1.54) is 59.8 Å². The molecule has 2 heteroatoms. The normalized spacial score (nSPS) is 11.7. The molecule has 1 heterocycles. The Morgan fingerprint density at radius 1 is 0.333 bits per heavy atom. The summed E-state index contributed by atoms with van der Waals surface area (Å²) in [7, 11) is 0. The van der Waals surface area contributed by atoms with Crippen LogP contribution in [0.25, 0.3) is 87.3 Å². The van der Waals surface area contributed by atoms with E-state index in [9.17, 15) is 0 Å². The fraction of sp³-hybridized carbons (Fsp3) is 0. The highest BCUT2D eigenvalue weighted by atomic mass is 16.3. The van der Waals surface area contributed by atoms with Gasteiger partial charge in [-0.25, -0.2) is 0 Å². The van der Waals surface area contributed by atoms with Gasteiger partial charge in [-0.05, 0) is 108 Å². The number of furan rings is 1. The van der Waals surface area contributed by atoms with E-state index in [0.29, 0.717) is 0 Å². The van der Waals surface area contributed by atoms with Crippen molar-refractivity contribution in [2.24, 2.45) is 0 Å². The number of fused-ring (bicyclic) bond motifs is 10.